The molecule has 0 unspecified atom stereocenters. The highest BCUT2D eigenvalue weighted by Crippen LogP contribution is 2.33. The zero-order valence-corrected chi connectivity index (χ0v) is 35.4. The second-order valence-corrected chi connectivity index (χ2v) is 16.3. The number of hydrogen-bond donors (Lipinski definition) is 1. The van der Waals surface area contributed by atoms with Crippen molar-refractivity contribution in [2.45, 2.75) is 117 Å². The van der Waals surface area contributed by atoms with Gasteiger partial charge in [-0.1, -0.05) is 77.8 Å². The van der Waals surface area contributed by atoms with Crippen LogP contribution in [-0.4, -0.2) is 103 Å². The van der Waals surface area contributed by atoms with Crippen LogP contribution in [-0.2, 0) is 44.6 Å². The SMILES string of the molecule is CC[C@H](C)[C@H](CC(=O)[C@H]1CCCCN1C)C(=O)N(CC(=O)OC)[C@H](C[C@@H](OC(C)=O)c1nc(C(=O)N[C@@H](Cc2ccccc2)C[C@H](C)C(=O)OC)cs1)C(C)C. The number of nitrogens with one attached hydrogen (secondary N) is 1. The molecule has 2 heterocycles. The van der Waals surface area contributed by atoms with E-state index in [0.29, 0.717) is 24.3 Å². The van der Waals surface area contributed by atoms with Gasteiger partial charge in [-0.3, -0.25) is 33.7 Å². The van der Waals surface area contributed by atoms with E-state index in [4.69, 9.17) is 14.2 Å². The van der Waals surface area contributed by atoms with E-state index in [-0.39, 0.29) is 60.6 Å². The molecule has 310 valence electrons. The molecule has 1 aliphatic rings. The van der Waals surface area contributed by atoms with Gasteiger partial charge in [0.2, 0.25) is 5.91 Å². The first-order chi connectivity index (χ1) is 26.6. The number of carbonyl (C=O) groups excluding carboxylic acids is 6. The van der Waals surface area contributed by atoms with Crippen molar-refractivity contribution in [3.63, 3.8) is 0 Å². The van der Waals surface area contributed by atoms with Crippen LogP contribution in [0.25, 0.3) is 0 Å². The van der Waals surface area contributed by atoms with Crippen LogP contribution in [0.3, 0.4) is 0 Å². The number of amides is 2. The first-order valence-electron chi connectivity index (χ1n) is 19.7. The second kappa shape index (κ2) is 22.5. The third kappa shape index (κ3) is 13.5. The first-order valence-corrected chi connectivity index (χ1v) is 20.6. The minimum absolute atomic E-state index is 0.0158. The maximum atomic E-state index is 14.7. The van der Waals surface area contributed by atoms with Crippen molar-refractivity contribution in [3.05, 3.63) is 52.0 Å². The Labute approximate surface area is 336 Å². The van der Waals surface area contributed by atoms with Gasteiger partial charge in [-0.2, -0.15) is 0 Å². The summed E-state index contributed by atoms with van der Waals surface area (Å²) in [4.78, 5) is 88.0. The van der Waals surface area contributed by atoms with Crippen LogP contribution >= 0.6 is 11.3 Å². The fraction of sp³-hybridized carbons (Fsp3) is 0.643. The molecule has 0 radical (unpaired) electrons. The molecule has 3 rings (SSSR count). The summed E-state index contributed by atoms with van der Waals surface area (Å²) in [5.74, 6) is -3.88. The number of carbonyl (C=O) groups is 6. The summed E-state index contributed by atoms with van der Waals surface area (Å²) in [5, 5.41) is 4.96. The van der Waals surface area contributed by atoms with Gasteiger partial charge >= 0.3 is 17.9 Å². The number of aromatic nitrogens is 1. The Morgan fingerprint density at radius 1 is 1.00 bits per heavy atom. The lowest BCUT2D eigenvalue weighted by molar-refractivity contribution is -0.156. The summed E-state index contributed by atoms with van der Waals surface area (Å²) in [5.41, 5.74) is 1.09. The minimum Gasteiger partial charge on any atom is -0.469 e. The van der Waals surface area contributed by atoms with Crippen molar-refractivity contribution in [1.82, 2.24) is 20.1 Å². The Morgan fingerprint density at radius 2 is 1.70 bits per heavy atom. The maximum absolute atomic E-state index is 14.7. The van der Waals surface area contributed by atoms with E-state index in [1.807, 2.05) is 65.1 Å². The quantitative estimate of drug-likeness (QED) is 0.120. The molecule has 1 saturated heterocycles. The summed E-state index contributed by atoms with van der Waals surface area (Å²) in [7, 11) is 4.53. The zero-order valence-electron chi connectivity index (χ0n) is 34.6. The molecule has 7 atom stereocenters. The van der Waals surface area contributed by atoms with Crippen LogP contribution in [0.4, 0.5) is 0 Å². The highest BCUT2D eigenvalue weighted by atomic mass is 32.1. The minimum atomic E-state index is -0.960. The number of methoxy groups -OCH3 is 2. The van der Waals surface area contributed by atoms with E-state index in [0.717, 1.165) is 42.7 Å². The maximum Gasteiger partial charge on any atom is 0.325 e. The van der Waals surface area contributed by atoms with Crippen molar-refractivity contribution in [2.24, 2.45) is 23.7 Å². The van der Waals surface area contributed by atoms with Gasteiger partial charge < -0.3 is 24.4 Å². The monoisotopic (exact) mass is 798 g/mol. The number of Topliss-reactive ketones (excluding diaryl/α,β-unsaturated/α-hetero) is 1. The van der Waals surface area contributed by atoms with Gasteiger partial charge in [0.25, 0.3) is 5.91 Å². The molecule has 56 heavy (non-hydrogen) atoms. The van der Waals surface area contributed by atoms with E-state index in [2.05, 4.69) is 15.2 Å². The molecule has 2 amide bonds. The van der Waals surface area contributed by atoms with Gasteiger partial charge in [-0.25, -0.2) is 4.98 Å². The molecule has 1 aliphatic heterocycles. The molecular weight excluding hydrogens is 737 g/mol. The number of likely N-dealkylation sites (N-methyl/N-ethyl adjacent to an activating group) is 1. The lowest BCUT2D eigenvalue weighted by atomic mass is 9.82. The van der Waals surface area contributed by atoms with Crippen LogP contribution in [0.2, 0.25) is 0 Å². The van der Waals surface area contributed by atoms with E-state index >= 15 is 0 Å². The smallest absolute Gasteiger partial charge is 0.325 e. The Hall–Kier alpha value is -4.17. The average molecular weight is 799 g/mol. The molecule has 0 aliphatic carbocycles. The summed E-state index contributed by atoms with van der Waals surface area (Å²) in [6, 6.07) is 8.30. The van der Waals surface area contributed by atoms with Crippen LogP contribution in [0.1, 0.15) is 114 Å². The number of nitrogens with zero attached hydrogens (tertiary/aromatic N) is 3. The fourth-order valence-electron chi connectivity index (χ4n) is 7.42. The summed E-state index contributed by atoms with van der Waals surface area (Å²) < 4.78 is 15.8. The lowest BCUT2D eigenvalue weighted by Gasteiger charge is -2.39. The normalized spacial score (nSPS) is 17.8. The lowest BCUT2D eigenvalue weighted by Crippen LogP contribution is -2.51. The highest BCUT2D eigenvalue weighted by Gasteiger charge is 2.40. The number of rotatable bonds is 21. The molecule has 0 spiro atoms. The van der Waals surface area contributed by atoms with Gasteiger partial charge in [0, 0.05) is 43.1 Å². The molecule has 1 aromatic heterocycles. The molecule has 2 aromatic rings. The number of ether oxygens (including phenoxy) is 3. The van der Waals surface area contributed by atoms with E-state index in [1.54, 1.807) is 12.3 Å². The summed E-state index contributed by atoms with van der Waals surface area (Å²) in [6.45, 7) is 11.2. The fourth-order valence-corrected chi connectivity index (χ4v) is 8.26. The van der Waals surface area contributed by atoms with Crippen LogP contribution in [0, 0.1) is 23.7 Å². The molecule has 0 bridgehead atoms. The number of piperidine rings is 1. The second-order valence-electron chi connectivity index (χ2n) is 15.4. The summed E-state index contributed by atoms with van der Waals surface area (Å²) in [6.07, 6.45) is 3.35. The first kappa shape index (κ1) is 46.2. The van der Waals surface area contributed by atoms with Gasteiger partial charge in [0.15, 0.2) is 11.9 Å². The molecular formula is C42H62N4O9S. The van der Waals surface area contributed by atoms with Gasteiger partial charge in [0.05, 0.1) is 26.2 Å². The molecule has 14 heteroatoms. The highest BCUT2D eigenvalue weighted by molar-refractivity contribution is 7.09. The van der Waals surface area contributed by atoms with E-state index in [9.17, 15) is 28.8 Å². The Morgan fingerprint density at radius 3 is 2.29 bits per heavy atom. The molecule has 1 fully saturated rings. The van der Waals surface area contributed by atoms with Crippen molar-refractivity contribution in [3.8, 4) is 0 Å². The predicted molar refractivity (Wildman–Crippen MR) is 214 cm³/mol. The standard InChI is InChI=1S/C42H62N4O9S/c1-10-27(4)32(22-36(48)34-18-14-15-19-45(34)7)41(51)46(24-38(49)53-8)35(26(2)3)23-37(55-29(6)47)40-44-33(25-56-40)39(50)43-31(20-28(5)42(52)54-9)21-30-16-12-11-13-17-30/h11-13,16-17,25-28,31-32,34-35,37H,10,14-15,18-24H2,1-9H3,(H,43,50)/t27-,28-,31+,32-,34+,35+,37+/m0/s1. The Balaban J connectivity index is 1.93. The molecule has 13 nitrogen and oxygen atoms in total. The van der Waals surface area contributed by atoms with Crippen LogP contribution < -0.4 is 5.32 Å². The average Bonchev–Trinajstić information content (AvgIpc) is 3.67. The van der Waals surface area contributed by atoms with Crippen LogP contribution in [0.15, 0.2) is 35.7 Å². The number of esters is 3. The summed E-state index contributed by atoms with van der Waals surface area (Å²) >= 11 is 1.15. The van der Waals surface area contributed by atoms with Gasteiger partial charge in [0.1, 0.15) is 17.2 Å². The third-order valence-corrected chi connectivity index (χ3v) is 11.8. The largest absolute Gasteiger partial charge is 0.469 e. The van der Waals surface area contributed by atoms with Crippen molar-refractivity contribution >= 4 is 46.8 Å². The van der Waals surface area contributed by atoms with Gasteiger partial charge in [-0.15, -0.1) is 11.3 Å². The van der Waals surface area contributed by atoms with Crippen molar-refractivity contribution in [1.29, 1.82) is 0 Å². The van der Waals surface area contributed by atoms with Gasteiger partial charge in [-0.05, 0) is 56.7 Å². The predicted octanol–water partition coefficient (Wildman–Crippen LogP) is 5.81. The van der Waals surface area contributed by atoms with E-state index in [1.165, 1.54) is 26.0 Å². The number of hydrogen-bond acceptors (Lipinski definition) is 12. The Bertz CT molecular complexity index is 1620. The van der Waals surface area contributed by atoms with Crippen molar-refractivity contribution < 1.29 is 43.0 Å². The van der Waals surface area contributed by atoms with Crippen LogP contribution in [0.5, 0.6) is 0 Å². The topological polar surface area (TPSA) is 162 Å². The Kier molecular flexibility index (Phi) is 18.6. The number of likely N-dealkylation sites (tertiary alicyclic amines) is 1. The number of ketones is 1. The number of benzene rings is 1. The molecule has 1 N–H and O–H groups in total. The number of thiazole rings is 1. The third-order valence-electron chi connectivity index (χ3n) is 10.9. The molecule has 1 aromatic carbocycles. The van der Waals surface area contributed by atoms with Crippen molar-refractivity contribution in [2.75, 3.05) is 34.4 Å². The van der Waals surface area contributed by atoms with E-state index < -0.39 is 47.9 Å². The molecule has 0 saturated carbocycles. The zero-order chi connectivity index (χ0) is 41.5.